The summed E-state index contributed by atoms with van der Waals surface area (Å²) in [6.45, 7) is 8.00. The van der Waals surface area contributed by atoms with E-state index >= 15 is 0 Å². The number of rotatable bonds is 5. The molecule has 0 saturated carbocycles. The average molecular weight is 256 g/mol. The first kappa shape index (κ1) is 15.0. The van der Waals surface area contributed by atoms with Crippen LogP contribution in [0.4, 0.5) is 0 Å². The number of carboxylic acid groups (broad SMARTS) is 1. The number of nitrogens with one attached hydrogen (secondary N) is 1. The minimum Gasteiger partial charge on any atom is -0.481 e. The monoisotopic (exact) mass is 256 g/mol. The van der Waals surface area contributed by atoms with Gasteiger partial charge < -0.3 is 15.3 Å². The maximum Gasteiger partial charge on any atom is 0.308 e. The highest BCUT2D eigenvalue weighted by molar-refractivity contribution is 5.83. The molecule has 5 nitrogen and oxygen atoms in total. The summed E-state index contributed by atoms with van der Waals surface area (Å²) in [6.07, 6.45) is 1.87. The molecule has 0 bridgehead atoms. The zero-order valence-electron chi connectivity index (χ0n) is 11.5. The third kappa shape index (κ3) is 3.45. The fraction of sp³-hybridized carbons (Fsp3) is 0.846. The Balaban J connectivity index is 2.69. The summed E-state index contributed by atoms with van der Waals surface area (Å²) in [5.74, 6) is -1.30. The van der Waals surface area contributed by atoms with E-state index in [-0.39, 0.29) is 11.3 Å². The molecule has 0 aromatic heterocycles. The van der Waals surface area contributed by atoms with Gasteiger partial charge in [-0.15, -0.1) is 0 Å². The maximum atomic E-state index is 12.5. The van der Waals surface area contributed by atoms with Crippen LogP contribution < -0.4 is 5.32 Å². The van der Waals surface area contributed by atoms with Gasteiger partial charge in [-0.25, -0.2) is 0 Å². The molecule has 18 heavy (non-hydrogen) atoms. The predicted octanol–water partition coefficient (Wildman–Crippen LogP) is 0.945. The molecule has 0 spiro atoms. The minimum atomic E-state index is -0.854. The van der Waals surface area contributed by atoms with Crippen molar-refractivity contribution in [3.8, 4) is 0 Å². The number of carbonyl (C=O) groups excluding carboxylic acids is 1. The summed E-state index contributed by atoms with van der Waals surface area (Å²) in [5, 5.41) is 12.2. The number of nitrogens with zero attached hydrogens (tertiary/aromatic N) is 1. The normalized spacial score (nSPS) is 25.5. The van der Waals surface area contributed by atoms with Gasteiger partial charge in [0.15, 0.2) is 0 Å². The fourth-order valence-electron chi connectivity index (χ4n) is 2.38. The number of hydrogen-bond acceptors (Lipinski definition) is 3. The van der Waals surface area contributed by atoms with E-state index in [9.17, 15) is 9.59 Å². The van der Waals surface area contributed by atoms with Crippen molar-refractivity contribution in [3.05, 3.63) is 0 Å². The van der Waals surface area contributed by atoms with Gasteiger partial charge in [0.1, 0.15) is 0 Å². The van der Waals surface area contributed by atoms with Crippen molar-refractivity contribution < 1.29 is 14.7 Å². The molecule has 2 unspecified atom stereocenters. The predicted molar refractivity (Wildman–Crippen MR) is 69.3 cm³/mol. The molecule has 0 aromatic rings. The van der Waals surface area contributed by atoms with Gasteiger partial charge in [0, 0.05) is 19.6 Å². The zero-order chi connectivity index (χ0) is 13.8. The summed E-state index contributed by atoms with van der Waals surface area (Å²) in [5.41, 5.74) is -0.382. The number of carbonyl (C=O) groups is 2. The molecule has 1 saturated heterocycles. The minimum absolute atomic E-state index is 0.0744. The van der Waals surface area contributed by atoms with Gasteiger partial charge in [0.25, 0.3) is 0 Å². The van der Waals surface area contributed by atoms with E-state index < -0.39 is 11.9 Å². The van der Waals surface area contributed by atoms with Crippen molar-refractivity contribution >= 4 is 11.9 Å². The molecule has 1 heterocycles. The summed E-state index contributed by atoms with van der Waals surface area (Å²) in [6, 6.07) is 0. The Hall–Kier alpha value is -1.10. The lowest BCUT2D eigenvalue weighted by molar-refractivity contribution is -0.146. The van der Waals surface area contributed by atoms with Crippen LogP contribution >= 0.6 is 0 Å². The van der Waals surface area contributed by atoms with E-state index in [0.717, 1.165) is 19.4 Å². The summed E-state index contributed by atoms with van der Waals surface area (Å²) in [4.78, 5) is 25.1. The number of piperidine rings is 1. The van der Waals surface area contributed by atoms with E-state index in [1.165, 1.54) is 0 Å². The van der Waals surface area contributed by atoms with E-state index in [2.05, 4.69) is 5.32 Å². The van der Waals surface area contributed by atoms with Gasteiger partial charge in [-0.1, -0.05) is 6.92 Å². The van der Waals surface area contributed by atoms with Crippen molar-refractivity contribution in [1.29, 1.82) is 0 Å². The number of amides is 1. The van der Waals surface area contributed by atoms with Gasteiger partial charge in [-0.05, 0) is 33.2 Å². The maximum absolute atomic E-state index is 12.5. The van der Waals surface area contributed by atoms with Crippen LogP contribution in [0.1, 0.15) is 33.6 Å². The molecular formula is C13H24N2O3. The first-order chi connectivity index (χ1) is 8.40. The smallest absolute Gasteiger partial charge is 0.308 e. The second-order valence-electron chi connectivity index (χ2n) is 5.42. The molecule has 0 aromatic carbocycles. The van der Waals surface area contributed by atoms with Gasteiger partial charge in [-0.2, -0.15) is 0 Å². The van der Waals surface area contributed by atoms with Crippen LogP contribution in [0.2, 0.25) is 0 Å². The van der Waals surface area contributed by atoms with E-state index in [4.69, 9.17) is 5.11 Å². The van der Waals surface area contributed by atoms with Crippen LogP contribution in [0, 0.1) is 11.3 Å². The van der Waals surface area contributed by atoms with Gasteiger partial charge in [0.2, 0.25) is 5.91 Å². The van der Waals surface area contributed by atoms with E-state index in [1.54, 1.807) is 11.8 Å². The van der Waals surface area contributed by atoms with Crippen molar-refractivity contribution in [2.75, 3.05) is 26.2 Å². The summed E-state index contributed by atoms with van der Waals surface area (Å²) in [7, 11) is 0. The lowest BCUT2D eigenvalue weighted by atomic mass is 9.81. The summed E-state index contributed by atoms with van der Waals surface area (Å²) < 4.78 is 0. The Kier molecular flexibility index (Phi) is 5.14. The van der Waals surface area contributed by atoms with Crippen LogP contribution in [0.25, 0.3) is 0 Å². The molecule has 2 atom stereocenters. The molecule has 5 heteroatoms. The molecule has 104 valence electrons. The van der Waals surface area contributed by atoms with Crippen LogP contribution in [-0.2, 0) is 9.59 Å². The topological polar surface area (TPSA) is 69.6 Å². The van der Waals surface area contributed by atoms with Crippen molar-refractivity contribution in [3.63, 3.8) is 0 Å². The Labute approximate surface area is 109 Å². The van der Waals surface area contributed by atoms with Gasteiger partial charge >= 0.3 is 5.97 Å². The highest BCUT2D eigenvalue weighted by Crippen LogP contribution is 2.28. The zero-order valence-corrected chi connectivity index (χ0v) is 11.5. The lowest BCUT2D eigenvalue weighted by Gasteiger charge is -2.37. The third-order valence-electron chi connectivity index (χ3n) is 3.70. The molecule has 1 rings (SSSR count). The summed E-state index contributed by atoms with van der Waals surface area (Å²) >= 11 is 0. The molecule has 1 fully saturated rings. The Morgan fingerprint density at radius 2 is 2.17 bits per heavy atom. The Morgan fingerprint density at radius 3 is 2.61 bits per heavy atom. The highest BCUT2D eigenvalue weighted by Gasteiger charge is 2.37. The van der Waals surface area contributed by atoms with Crippen LogP contribution in [0.5, 0.6) is 0 Å². The molecule has 1 aliphatic rings. The van der Waals surface area contributed by atoms with E-state index in [1.807, 2.05) is 13.8 Å². The number of carboxylic acids is 1. The quantitative estimate of drug-likeness (QED) is 0.768. The first-order valence-electron chi connectivity index (χ1n) is 6.63. The average Bonchev–Trinajstić information content (AvgIpc) is 2.35. The first-order valence-corrected chi connectivity index (χ1v) is 6.63. The molecule has 1 aliphatic heterocycles. The molecule has 0 radical (unpaired) electrons. The second-order valence-corrected chi connectivity index (χ2v) is 5.42. The molecule has 0 aliphatic carbocycles. The Bertz CT molecular complexity index is 311. The van der Waals surface area contributed by atoms with Gasteiger partial charge in [-0.3, -0.25) is 9.59 Å². The fourth-order valence-corrected chi connectivity index (χ4v) is 2.38. The van der Waals surface area contributed by atoms with Crippen LogP contribution in [-0.4, -0.2) is 48.1 Å². The molecule has 2 N–H and O–H groups in total. The van der Waals surface area contributed by atoms with Crippen molar-refractivity contribution in [2.45, 2.75) is 33.6 Å². The number of aliphatic carboxylic acids is 1. The molecular weight excluding hydrogens is 232 g/mol. The SMILES string of the molecule is CCN(CC(C)C(=O)O)C(=O)C1(C)CCCNC1. The second kappa shape index (κ2) is 6.18. The highest BCUT2D eigenvalue weighted by atomic mass is 16.4. The van der Waals surface area contributed by atoms with Crippen LogP contribution in [0.3, 0.4) is 0 Å². The lowest BCUT2D eigenvalue weighted by Crippen LogP contribution is -2.51. The number of hydrogen-bond donors (Lipinski definition) is 2. The van der Waals surface area contributed by atoms with Crippen LogP contribution in [0.15, 0.2) is 0 Å². The van der Waals surface area contributed by atoms with Crippen molar-refractivity contribution in [1.82, 2.24) is 10.2 Å². The van der Waals surface area contributed by atoms with Gasteiger partial charge in [0.05, 0.1) is 11.3 Å². The van der Waals surface area contributed by atoms with E-state index in [0.29, 0.717) is 19.6 Å². The third-order valence-corrected chi connectivity index (χ3v) is 3.70. The standard InChI is InChI=1S/C13H24N2O3/c1-4-15(8-10(2)11(16)17)12(18)13(3)6-5-7-14-9-13/h10,14H,4-9H2,1-3H3,(H,16,17). The largest absolute Gasteiger partial charge is 0.481 e. The Morgan fingerprint density at radius 1 is 1.50 bits per heavy atom. The molecule has 1 amide bonds. The van der Waals surface area contributed by atoms with Crippen molar-refractivity contribution in [2.24, 2.45) is 11.3 Å².